The van der Waals surface area contributed by atoms with Crippen LogP contribution in [0.4, 0.5) is 0 Å². The zero-order chi connectivity index (χ0) is 11.4. The first-order chi connectivity index (χ1) is 7.13. The summed E-state index contributed by atoms with van der Waals surface area (Å²) < 4.78 is 2.10. The van der Waals surface area contributed by atoms with Crippen molar-refractivity contribution in [3.8, 4) is 0 Å². The average molecular weight is 209 g/mol. The molecule has 0 unspecified atom stereocenters. The van der Waals surface area contributed by atoms with Crippen molar-refractivity contribution in [1.82, 2.24) is 9.78 Å². The Morgan fingerprint density at radius 3 is 2.27 bits per heavy atom. The summed E-state index contributed by atoms with van der Waals surface area (Å²) in [5.41, 5.74) is 9.87. The van der Waals surface area contributed by atoms with E-state index in [0.29, 0.717) is 0 Å². The summed E-state index contributed by atoms with van der Waals surface area (Å²) in [6.07, 6.45) is 3.14. The maximum Gasteiger partial charge on any atom is 0.0656 e. The van der Waals surface area contributed by atoms with Crippen LogP contribution >= 0.6 is 0 Å². The summed E-state index contributed by atoms with van der Waals surface area (Å²) in [4.78, 5) is 0. The Kier molecular flexibility index (Phi) is 4.33. The highest BCUT2D eigenvalue weighted by Gasteiger charge is 2.14. The standard InChI is InChI=1S/C12H23N3/c1-5-10-11(6-2)14-15(8-9(4)13)12(10)7-3/h9H,5-8,13H2,1-4H3/t9-/m0/s1. The minimum atomic E-state index is 0.171. The maximum absolute atomic E-state index is 5.83. The predicted molar refractivity (Wildman–Crippen MR) is 64.0 cm³/mol. The molecule has 0 aliphatic carbocycles. The Morgan fingerprint density at radius 2 is 1.87 bits per heavy atom. The van der Waals surface area contributed by atoms with E-state index in [0.717, 1.165) is 25.8 Å². The largest absolute Gasteiger partial charge is 0.326 e. The summed E-state index contributed by atoms with van der Waals surface area (Å²) in [6, 6.07) is 0.171. The highest BCUT2D eigenvalue weighted by molar-refractivity contribution is 5.26. The zero-order valence-corrected chi connectivity index (χ0v) is 10.4. The Labute approximate surface area is 92.7 Å². The molecule has 0 saturated heterocycles. The van der Waals surface area contributed by atoms with Crippen LogP contribution < -0.4 is 5.73 Å². The molecule has 3 heteroatoms. The third kappa shape index (κ3) is 2.59. The van der Waals surface area contributed by atoms with Crippen LogP contribution in [0.1, 0.15) is 44.6 Å². The Balaban J connectivity index is 3.09. The molecule has 1 atom stereocenters. The topological polar surface area (TPSA) is 43.8 Å². The molecule has 0 bridgehead atoms. The van der Waals surface area contributed by atoms with Gasteiger partial charge in [-0.15, -0.1) is 0 Å². The van der Waals surface area contributed by atoms with Crippen molar-refractivity contribution in [3.05, 3.63) is 17.0 Å². The molecule has 0 saturated carbocycles. The fraction of sp³-hybridized carbons (Fsp3) is 0.750. The smallest absolute Gasteiger partial charge is 0.0656 e. The zero-order valence-electron chi connectivity index (χ0n) is 10.4. The minimum absolute atomic E-state index is 0.171. The van der Waals surface area contributed by atoms with Gasteiger partial charge in [0.05, 0.1) is 12.2 Å². The molecular formula is C12H23N3. The monoisotopic (exact) mass is 209 g/mol. The number of nitrogens with zero attached hydrogens (tertiary/aromatic N) is 2. The number of hydrogen-bond donors (Lipinski definition) is 1. The summed E-state index contributed by atoms with van der Waals surface area (Å²) in [5, 5.41) is 4.65. The van der Waals surface area contributed by atoms with Gasteiger partial charge in [-0.05, 0) is 31.7 Å². The van der Waals surface area contributed by atoms with Crippen molar-refractivity contribution >= 4 is 0 Å². The van der Waals surface area contributed by atoms with Gasteiger partial charge in [0.2, 0.25) is 0 Å². The van der Waals surface area contributed by atoms with Gasteiger partial charge in [-0.1, -0.05) is 20.8 Å². The normalized spacial score (nSPS) is 13.1. The molecule has 0 aliphatic rings. The molecule has 0 spiro atoms. The van der Waals surface area contributed by atoms with E-state index < -0.39 is 0 Å². The molecule has 0 fully saturated rings. The fourth-order valence-electron chi connectivity index (χ4n) is 2.10. The number of rotatable bonds is 5. The molecule has 1 aromatic heterocycles. The first-order valence-electron chi connectivity index (χ1n) is 5.96. The lowest BCUT2D eigenvalue weighted by Gasteiger charge is -2.09. The summed E-state index contributed by atoms with van der Waals surface area (Å²) >= 11 is 0. The Bertz CT molecular complexity index is 313. The lowest BCUT2D eigenvalue weighted by atomic mass is 10.1. The molecule has 86 valence electrons. The van der Waals surface area contributed by atoms with Crippen molar-refractivity contribution in [2.45, 2.75) is 59.5 Å². The van der Waals surface area contributed by atoms with Crippen LogP contribution in [0.5, 0.6) is 0 Å². The van der Waals surface area contributed by atoms with E-state index in [4.69, 9.17) is 5.73 Å². The van der Waals surface area contributed by atoms with Gasteiger partial charge in [0, 0.05) is 11.7 Å². The fourth-order valence-corrected chi connectivity index (χ4v) is 2.10. The van der Waals surface area contributed by atoms with Crippen molar-refractivity contribution < 1.29 is 0 Å². The van der Waals surface area contributed by atoms with Gasteiger partial charge in [0.25, 0.3) is 0 Å². The van der Waals surface area contributed by atoms with Gasteiger partial charge in [-0.3, -0.25) is 4.68 Å². The molecule has 0 aromatic carbocycles. The van der Waals surface area contributed by atoms with Crippen LogP contribution in [-0.2, 0) is 25.8 Å². The number of hydrogen-bond acceptors (Lipinski definition) is 2. The average Bonchev–Trinajstić information content (AvgIpc) is 2.53. The van der Waals surface area contributed by atoms with Crippen LogP contribution in [0.15, 0.2) is 0 Å². The van der Waals surface area contributed by atoms with Crippen LogP contribution in [0.2, 0.25) is 0 Å². The van der Waals surface area contributed by atoms with E-state index in [2.05, 4.69) is 30.6 Å². The molecule has 0 aliphatic heterocycles. The van der Waals surface area contributed by atoms with Crippen LogP contribution in [0, 0.1) is 0 Å². The van der Waals surface area contributed by atoms with Gasteiger partial charge >= 0.3 is 0 Å². The Morgan fingerprint density at radius 1 is 1.20 bits per heavy atom. The molecule has 1 rings (SSSR count). The molecule has 2 N–H and O–H groups in total. The lowest BCUT2D eigenvalue weighted by Crippen LogP contribution is -2.24. The first kappa shape index (κ1) is 12.2. The minimum Gasteiger partial charge on any atom is -0.326 e. The summed E-state index contributed by atoms with van der Waals surface area (Å²) in [7, 11) is 0. The van der Waals surface area contributed by atoms with Gasteiger partial charge in [-0.2, -0.15) is 5.10 Å². The van der Waals surface area contributed by atoms with Gasteiger partial charge in [0.15, 0.2) is 0 Å². The van der Waals surface area contributed by atoms with Crippen molar-refractivity contribution in [3.63, 3.8) is 0 Å². The van der Waals surface area contributed by atoms with E-state index in [1.165, 1.54) is 17.0 Å². The third-order valence-electron chi connectivity index (χ3n) is 2.73. The maximum atomic E-state index is 5.83. The number of nitrogens with two attached hydrogens (primary N) is 1. The molecule has 3 nitrogen and oxygen atoms in total. The van der Waals surface area contributed by atoms with Crippen molar-refractivity contribution in [2.75, 3.05) is 0 Å². The quantitative estimate of drug-likeness (QED) is 0.805. The van der Waals surface area contributed by atoms with Gasteiger partial charge < -0.3 is 5.73 Å². The van der Waals surface area contributed by atoms with E-state index >= 15 is 0 Å². The van der Waals surface area contributed by atoms with Crippen LogP contribution in [0.3, 0.4) is 0 Å². The Hall–Kier alpha value is -0.830. The van der Waals surface area contributed by atoms with Crippen molar-refractivity contribution in [1.29, 1.82) is 0 Å². The van der Waals surface area contributed by atoms with Gasteiger partial charge in [0.1, 0.15) is 0 Å². The third-order valence-corrected chi connectivity index (χ3v) is 2.73. The molecule has 1 heterocycles. The van der Waals surface area contributed by atoms with E-state index in [1.54, 1.807) is 0 Å². The second kappa shape index (κ2) is 5.31. The summed E-state index contributed by atoms with van der Waals surface area (Å²) in [5.74, 6) is 0. The van der Waals surface area contributed by atoms with Crippen LogP contribution in [0.25, 0.3) is 0 Å². The highest BCUT2D eigenvalue weighted by Crippen LogP contribution is 2.17. The SMILES string of the molecule is CCc1nn(C[C@H](C)N)c(CC)c1CC. The molecule has 1 aromatic rings. The number of aromatic nitrogens is 2. The number of aryl methyl sites for hydroxylation is 1. The molecule has 15 heavy (non-hydrogen) atoms. The van der Waals surface area contributed by atoms with Gasteiger partial charge in [-0.25, -0.2) is 0 Å². The van der Waals surface area contributed by atoms with Crippen molar-refractivity contribution in [2.24, 2.45) is 5.73 Å². The highest BCUT2D eigenvalue weighted by atomic mass is 15.3. The lowest BCUT2D eigenvalue weighted by molar-refractivity contribution is 0.517. The molecular weight excluding hydrogens is 186 g/mol. The van der Waals surface area contributed by atoms with E-state index in [1.807, 2.05) is 6.92 Å². The van der Waals surface area contributed by atoms with Crippen LogP contribution in [-0.4, -0.2) is 15.8 Å². The second-order valence-corrected chi connectivity index (χ2v) is 4.09. The predicted octanol–water partition coefficient (Wildman–Crippen LogP) is 1.92. The summed E-state index contributed by atoms with van der Waals surface area (Å²) in [6.45, 7) is 9.41. The van der Waals surface area contributed by atoms with E-state index in [-0.39, 0.29) is 6.04 Å². The first-order valence-corrected chi connectivity index (χ1v) is 5.96. The second-order valence-electron chi connectivity index (χ2n) is 4.09. The van der Waals surface area contributed by atoms with E-state index in [9.17, 15) is 0 Å². The molecule has 0 amide bonds. The molecule has 0 radical (unpaired) electrons.